The Morgan fingerprint density at radius 1 is 1.43 bits per heavy atom. The first kappa shape index (κ1) is 15.2. The number of aromatic nitrogens is 2. The zero-order chi connectivity index (χ0) is 14.9. The largest absolute Gasteiger partial charge is 0.355 e. The van der Waals surface area contributed by atoms with E-state index in [9.17, 15) is 0 Å². The second kappa shape index (κ2) is 8.17. The van der Waals surface area contributed by atoms with E-state index >= 15 is 0 Å². The molecule has 0 fully saturated rings. The SMILES string of the molecule is C/N=C(/NC#N)NCCSCCc1nc2ccccc2[nH]1. The molecule has 110 valence electrons. The molecule has 7 heteroatoms. The van der Waals surface area contributed by atoms with Gasteiger partial charge < -0.3 is 10.3 Å². The number of thioether (sulfide) groups is 1. The van der Waals surface area contributed by atoms with E-state index in [0.717, 1.165) is 41.3 Å². The molecule has 0 amide bonds. The van der Waals surface area contributed by atoms with E-state index in [-0.39, 0.29) is 0 Å². The summed E-state index contributed by atoms with van der Waals surface area (Å²) in [6.07, 6.45) is 2.76. The number of hydrogen-bond acceptors (Lipinski definition) is 4. The van der Waals surface area contributed by atoms with E-state index in [0.29, 0.717) is 5.96 Å². The quantitative estimate of drug-likeness (QED) is 0.247. The number of imidazole rings is 1. The summed E-state index contributed by atoms with van der Waals surface area (Å²) in [7, 11) is 1.64. The minimum atomic E-state index is 0.510. The van der Waals surface area contributed by atoms with Crippen molar-refractivity contribution in [2.24, 2.45) is 4.99 Å². The molecule has 0 radical (unpaired) electrons. The number of guanidine groups is 1. The van der Waals surface area contributed by atoms with Gasteiger partial charge in [-0.1, -0.05) is 12.1 Å². The van der Waals surface area contributed by atoms with Crippen LogP contribution < -0.4 is 10.6 Å². The molecule has 2 rings (SSSR count). The summed E-state index contributed by atoms with van der Waals surface area (Å²) in [5.41, 5.74) is 2.11. The van der Waals surface area contributed by atoms with Gasteiger partial charge >= 0.3 is 0 Å². The molecule has 6 nitrogen and oxygen atoms in total. The van der Waals surface area contributed by atoms with Gasteiger partial charge in [0.1, 0.15) is 5.82 Å². The Hall–Kier alpha value is -2.20. The van der Waals surface area contributed by atoms with Gasteiger partial charge in [-0.25, -0.2) is 4.98 Å². The van der Waals surface area contributed by atoms with Crippen molar-refractivity contribution >= 4 is 28.8 Å². The topological polar surface area (TPSA) is 88.9 Å². The zero-order valence-corrected chi connectivity index (χ0v) is 12.7. The molecule has 0 saturated heterocycles. The lowest BCUT2D eigenvalue weighted by Crippen LogP contribution is -2.35. The van der Waals surface area contributed by atoms with Crippen LogP contribution in [-0.4, -0.2) is 41.0 Å². The molecule has 0 bridgehead atoms. The van der Waals surface area contributed by atoms with Gasteiger partial charge in [-0.2, -0.15) is 17.0 Å². The van der Waals surface area contributed by atoms with Crippen molar-refractivity contribution in [2.45, 2.75) is 6.42 Å². The summed E-state index contributed by atoms with van der Waals surface area (Å²) in [6, 6.07) is 8.05. The van der Waals surface area contributed by atoms with Crippen LogP contribution >= 0.6 is 11.8 Å². The highest BCUT2D eigenvalue weighted by Gasteiger charge is 2.01. The predicted molar refractivity (Wildman–Crippen MR) is 87.2 cm³/mol. The fraction of sp³-hybridized carbons (Fsp3) is 0.357. The van der Waals surface area contributed by atoms with E-state index in [1.165, 1.54) is 0 Å². The highest BCUT2D eigenvalue weighted by atomic mass is 32.2. The first-order valence-electron chi connectivity index (χ1n) is 6.70. The maximum absolute atomic E-state index is 8.50. The molecule has 1 heterocycles. The van der Waals surface area contributed by atoms with Crippen LogP contribution in [0.5, 0.6) is 0 Å². The third kappa shape index (κ3) is 4.68. The number of nitrogens with zero attached hydrogens (tertiary/aromatic N) is 3. The lowest BCUT2D eigenvalue weighted by atomic mass is 10.3. The van der Waals surface area contributed by atoms with Crippen molar-refractivity contribution in [2.75, 3.05) is 25.1 Å². The Labute approximate surface area is 128 Å². The number of aromatic amines is 1. The highest BCUT2D eigenvalue weighted by molar-refractivity contribution is 7.99. The number of fused-ring (bicyclic) bond motifs is 1. The summed E-state index contributed by atoms with van der Waals surface area (Å²) in [5.74, 6) is 3.49. The van der Waals surface area contributed by atoms with Gasteiger partial charge in [-0.15, -0.1) is 0 Å². The molecule has 0 aliphatic heterocycles. The molecule has 2 aromatic rings. The molecule has 0 unspecified atom stereocenters. The molecule has 1 aromatic carbocycles. The van der Waals surface area contributed by atoms with Gasteiger partial charge in [0, 0.05) is 31.5 Å². The van der Waals surface area contributed by atoms with Crippen molar-refractivity contribution in [1.82, 2.24) is 20.6 Å². The Morgan fingerprint density at radius 3 is 3.05 bits per heavy atom. The molecule has 3 N–H and O–H groups in total. The fourth-order valence-corrected chi connectivity index (χ4v) is 2.66. The minimum absolute atomic E-state index is 0.510. The van der Waals surface area contributed by atoms with Gasteiger partial charge in [0.2, 0.25) is 5.96 Å². The number of aliphatic imine (C=N–C) groups is 1. The first-order valence-corrected chi connectivity index (χ1v) is 7.86. The molecular formula is C14H18N6S. The minimum Gasteiger partial charge on any atom is -0.355 e. The first-order chi connectivity index (χ1) is 10.3. The Kier molecular flexibility index (Phi) is 5.91. The summed E-state index contributed by atoms with van der Waals surface area (Å²) in [4.78, 5) is 11.8. The molecule has 0 aliphatic carbocycles. The summed E-state index contributed by atoms with van der Waals surface area (Å²) in [6.45, 7) is 0.770. The summed E-state index contributed by atoms with van der Waals surface area (Å²) >= 11 is 1.84. The average Bonchev–Trinajstić information content (AvgIpc) is 2.92. The van der Waals surface area contributed by atoms with Crippen LogP contribution in [0.2, 0.25) is 0 Å². The number of nitrogens with one attached hydrogen (secondary N) is 3. The Balaban J connectivity index is 1.65. The van der Waals surface area contributed by atoms with E-state index in [1.807, 2.05) is 42.2 Å². The molecule has 0 aliphatic rings. The van der Waals surface area contributed by atoms with Crippen LogP contribution in [0.4, 0.5) is 0 Å². The van der Waals surface area contributed by atoms with Crippen molar-refractivity contribution in [1.29, 1.82) is 5.26 Å². The summed E-state index contributed by atoms with van der Waals surface area (Å²) < 4.78 is 0. The van der Waals surface area contributed by atoms with Gasteiger partial charge in [0.25, 0.3) is 0 Å². The van der Waals surface area contributed by atoms with Gasteiger partial charge in [-0.3, -0.25) is 10.3 Å². The lowest BCUT2D eigenvalue weighted by Gasteiger charge is -2.06. The number of benzene rings is 1. The van der Waals surface area contributed by atoms with Crippen LogP contribution in [0.25, 0.3) is 11.0 Å². The molecular weight excluding hydrogens is 284 g/mol. The monoisotopic (exact) mass is 302 g/mol. The highest BCUT2D eigenvalue weighted by Crippen LogP contribution is 2.12. The molecule has 0 spiro atoms. The Morgan fingerprint density at radius 2 is 2.29 bits per heavy atom. The maximum Gasteiger partial charge on any atom is 0.204 e. The van der Waals surface area contributed by atoms with Crippen LogP contribution in [0.3, 0.4) is 0 Å². The van der Waals surface area contributed by atoms with E-state index in [4.69, 9.17) is 5.26 Å². The number of hydrogen-bond donors (Lipinski definition) is 3. The number of nitriles is 1. The van der Waals surface area contributed by atoms with Crippen molar-refractivity contribution in [3.8, 4) is 6.19 Å². The number of H-pyrrole nitrogens is 1. The smallest absolute Gasteiger partial charge is 0.204 e. The zero-order valence-electron chi connectivity index (χ0n) is 11.9. The molecule has 0 saturated carbocycles. The third-order valence-electron chi connectivity index (χ3n) is 2.86. The van der Waals surface area contributed by atoms with Gasteiger partial charge in [0.15, 0.2) is 6.19 Å². The van der Waals surface area contributed by atoms with Gasteiger partial charge in [0.05, 0.1) is 11.0 Å². The number of rotatable bonds is 6. The molecule has 0 atom stereocenters. The van der Waals surface area contributed by atoms with Crippen LogP contribution in [0, 0.1) is 11.5 Å². The number of para-hydroxylation sites is 2. The number of aryl methyl sites for hydroxylation is 1. The van der Waals surface area contributed by atoms with Crippen molar-refractivity contribution in [3.05, 3.63) is 30.1 Å². The second-order valence-electron chi connectivity index (χ2n) is 4.30. The van der Waals surface area contributed by atoms with E-state index in [1.54, 1.807) is 7.05 Å². The van der Waals surface area contributed by atoms with Crippen LogP contribution in [0.1, 0.15) is 5.82 Å². The Bertz CT molecular complexity index is 609. The van der Waals surface area contributed by atoms with Crippen LogP contribution in [0.15, 0.2) is 29.3 Å². The molecule has 21 heavy (non-hydrogen) atoms. The maximum atomic E-state index is 8.50. The standard InChI is InChI=1S/C14H18N6S/c1-16-14(18-10-15)17-7-9-21-8-6-13-19-11-4-2-3-5-12(11)20-13/h2-5H,6-9H2,1H3,(H,19,20)(H2,16,17,18). The van der Waals surface area contributed by atoms with Gasteiger partial charge in [-0.05, 0) is 12.1 Å². The average molecular weight is 302 g/mol. The van der Waals surface area contributed by atoms with E-state index < -0.39 is 0 Å². The predicted octanol–water partition coefficient (Wildman–Crippen LogP) is 1.48. The normalized spacial score (nSPS) is 11.3. The van der Waals surface area contributed by atoms with Crippen molar-refractivity contribution < 1.29 is 0 Å². The lowest BCUT2D eigenvalue weighted by molar-refractivity contribution is 0.928. The second-order valence-corrected chi connectivity index (χ2v) is 5.52. The third-order valence-corrected chi connectivity index (χ3v) is 3.84. The van der Waals surface area contributed by atoms with Crippen LogP contribution in [-0.2, 0) is 6.42 Å². The van der Waals surface area contributed by atoms with E-state index in [2.05, 4.69) is 25.6 Å². The van der Waals surface area contributed by atoms with Crippen molar-refractivity contribution in [3.63, 3.8) is 0 Å². The molecule has 1 aromatic heterocycles. The summed E-state index contributed by atoms with van der Waals surface area (Å²) in [5, 5.41) is 14.0. The fourth-order valence-electron chi connectivity index (χ4n) is 1.87.